The predicted molar refractivity (Wildman–Crippen MR) is 67.9 cm³/mol. The first-order chi connectivity index (χ1) is 8.31. The molecule has 0 unspecified atom stereocenters. The molecule has 1 heterocycles. The lowest BCUT2D eigenvalue weighted by Crippen LogP contribution is -2.47. The summed E-state index contributed by atoms with van der Waals surface area (Å²) in [4.78, 5) is 0. The lowest BCUT2D eigenvalue weighted by molar-refractivity contribution is 0.0369. The second kappa shape index (κ2) is 4.13. The van der Waals surface area contributed by atoms with E-state index < -0.39 is 0 Å². The topological polar surface area (TPSA) is 30.5 Å². The summed E-state index contributed by atoms with van der Waals surface area (Å²) < 4.78 is 11.5. The Morgan fingerprint density at radius 2 is 2.06 bits per heavy atom. The van der Waals surface area contributed by atoms with Gasteiger partial charge in [0.1, 0.15) is 17.1 Å². The fourth-order valence-corrected chi connectivity index (χ4v) is 2.86. The van der Waals surface area contributed by atoms with Crippen LogP contribution in [-0.2, 0) is 0 Å². The molecule has 0 amide bonds. The van der Waals surface area contributed by atoms with Crippen molar-refractivity contribution in [3.05, 3.63) is 18.2 Å². The molecule has 0 radical (unpaired) electrons. The Balaban J connectivity index is 1.85. The number of hydrogen-bond acceptors (Lipinski definition) is 3. The first-order valence-corrected chi connectivity index (χ1v) is 6.42. The minimum Gasteiger partial charge on any atom is -0.497 e. The lowest BCUT2D eigenvalue weighted by Gasteiger charge is -2.41. The fourth-order valence-electron chi connectivity index (χ4n) is 2.86. The van der Waals surface area contributed by atoms with Gasteiger partial charge < -0.3 is 14.8 Å². The first kappa shape index (κ1) is 10.8. The molecule has 1 fully saturated rings. The molecule has 0 aromatic heterocycles. The van der Waals surface area contributed by atoms with E-state index in [-0.39, 0.29) is 5.60 Å². The number of rotatable bonds is 1. The maximum atomic E-state index is 6.24. The molecule has 2 aliphatic rings. The van der Waals surface area contributed by atoms with Gasteiger partial charge in [-0.15, -0.1) is 0 Å². The summed E-state index contributed by atoms with van der Waals surface area (Å²) in [6, 6.07) is 5.98. The van der Waals surface area contributed by atoms with Gasteiger partial charge in [0, 0.05) is 6.07 Å². The number of fused-ring (bicyclic) bond motifs is 1. The van der Waals surface area contributed by atoms with E-state index in [9.17, 15) is 0 Å². The molecule has 3 rings (SSSR count). The zero-order valence-electron chi connectivity index (χ0n) is 10.3. The number of hydrogen-bond donors (Lipinski definition) is 1. The van der Waals surface area contributed by atoms with Crippen molar-refractivity contribution >= 4 is 5.69 Å². The van der Waals surface area contributed by atoms with Crippen LogP contribution in [0.15, 0.2) is 18.2 Å². The maximum Gasteiger partial charge on any atom is 0.143 e. The monoisotopic (exact) mass is 233 g/mol. The molecule has 0 bridgehead atoms. The summed E-state index contributed by atoms with van der Waals surface area (Å²) in [7, 11) is 1.69. The number of anilines is 1. The molecule has 1 spiro atoms. The maximum absolute atomic E-state index is 6.24. The predicted octanol–water partition coefficient (Wildman–Crippen LogP) is 3.20. The van der Waals surface area contributed by atoms with Gasteiger partial charge in [-0.3, -0.25) is 0 Å². The van der Waals surface area contributed by atoms with Crippen molar-refractivity contribution in [3.63, 3.8) is 0 Å². The molecule has 1 N–H and O–H groups in total. The summed E-state index contributed by atoms with van der Waals surface area (Å²) in [5.74, 6) is 1.85. The van der Waals surface area contributed by atoms with E-state index in [1.165, 1.54) is 32.1 Å². The molecule has 92 valence electrons. The number of ether oxygens (including phenoxy) is 2. The van der Waals surface area contributed by atoms with Gasteiger partial charge in [-0.25, -0.2) is 0 Å². The van der Waals surface area contributed by atoms with Gasteiger partial charge in [0.05, 0.1) is 19.3 Å². The molecule has 1 aromatic carbocycles. The van der Waals surface area contributed by atoms with Crippen LogP contribution in [0.5, 0.6) is 11.5 Å². The van der Waals surface area contributed by atoms with Crippen molar-refractivity contribution in [3.8, 4) is 11.5 Å². The highest BCUT2D eigenvalue weighted by Gasteiger charge is 2.37. The third kappa shape index (κ3) is 1.94. The van der Waals surface area contributed by atoms with Crippen LogP contribution in [0.4, 0.5) is 5.69 Å². The Morgan fingerprint density at radius 1 is 1.24 bits per heavy atom. The molecule has 1 aliphatic heterocycles. The van der Waals surface area contributed by atoms with Crippen LogP contribution < -0.4 is 14.8 Å². The van der Waals surface area contributed by atoms with Gasteiger partial charge in [-0.2, -0.15) is 0 Å². The molecule has 0 atom stereocenters. The molecule has 1 saturated carbocycles. The minimum atomic E-state index is 0.0415. The van der Waals surface area contributed by atoms with Crippen molar-refractivity contribution in [2.75, 3.05) is 19.0 Å². The molecule has 1 aromatic rings. The highest BCUT2D eigenvalue weighted by molar-refractivity contribution is 5.61. The van der Waals surface area contributed by atoms with E-state index in [0.29, 0.717) is 0 Å². The summed E-state index contributed by atoms with van der Waals surface area (Å²) in [5.41, 5.74) is 1.10. The van der Waals surface area contributed by atoms with E-state index in [1.807, 2.05) is 18.2 Å². The normalized spacial score (nSPS) is 21.2. The van der Waals surface area contributed by atoms with E-state index in [0.717, 1.165) is 23.7 Å². The summed E-state index contributed by atoms with van der Waals surface area (Å²) in [5, 5.41) is 3.49. The largest absolute Gasteiger partial charge is 0.497 e. The molecule has 17 heavy (non-hydrogen) atoms. The summed E-state index contributed by atoms with van der Waals surface area (Å²) >= 11 is 0. The van der Waals surface area contributed by atoms with Gasteiger partial charge in [0.15, 0.2) is 0 Å². The fraction of sp³-hybridized carbons (Fsp3) is 0.571. The number of nitrogens with one attached hydrogen (secondary N) is 1. The van der Waals surface area contributed by atoms with Crippen LogP contribution in [0.3, 0.4) is 0 Å². The van der Waals surface area contributed by atoms with Crippen LogP contribution >= 0.6 is 0 Å². The van der Waals surface area contributed by atoms with E-state index >= 15 is 0 Å². The van der Waals surface area contributed by atoms with Crippen LogP contribution in [0.2, 0.25) is 0 Å². The molecule has 0 saturated heterocycles. The quantitative estimate of drug-likeness (QED) is 0.808. The number of benzene rings is 1. The Hall–Kier alpha value is -1.38. The average molecular weight is 233 g/mol. The van der Waals surface area contributed by atoms with Crippen molar-refractivity contribution in [2.24, 2.45) is 0 Å². The summed E-state index contributed by atoms with van der Waals surface area (Å²) in [6.45, 7) is 0.924. The van der Waals surface area contributed by atoms with Gasteiger partial charge in [-0.1, -0.05) is 6.42 Å². The third-order valence-electron chi connectivity index (χ3n) is 3.88. The zero-order chi connectivity index (χ0) is 11.7. The molecular weight excluding hydrogens is 214 g/mol. The first-order valence-electron chi connectivity index (χ1n) is 6.42. The van der Waals surface area contributed by atoms with Crippen LogP contribution in [0.25, 0.3) is 0 Å². The van der Waals surface area contributed by atoms with Gasteiger partial charge in [0.25, 0.3) is 0 Å². The van der Waals surface area contributed by atoms with Crippen molar-refractivity contribution in [2.45, 2.75) is 37.7 Å². The van der Waals surface area contributed by atoms with E-state index in [4.69, 9.17) is 9.47 Å². The zero-order valence-corrected chi connectivity index (χ0v) is 10.3. The molecule has 3 nitrogen and oxygen atoms in total. The second-order valence-corrected chi connectivity index (χ2v) is 5.06. The van der Waals surface area contributed by atoms with Crippen LogP contribution in [-0.4, -0.2) is 19.3 Å². The Labute approximate surface area is 102 Å². The van der Waals surface area contributed by atoms with Gasteiger partial charge in [0.2, 0.25) is 0 Å². The van der Waals surface area contributed by atoms with Crippen molar-refractivity contribution < 1.29 is 9.47 Å². The smallest absolute Gasteiger partial charge is 0.143 e. The standard InChI is InChI=1S/C14H19NO2/c1-16-11-5-6-13-12(9-11)15-10-14(17-13)7-3-2-4-8-14/h5-6,9,15H,2-4,7-8,10H2,1H3. The van der Waals surface area contributed by atoms with Crippen molar-refractivity contribution in [1.29, 1.82) is 0 Å². The highest BCUT2D eigenvalue weighted by atomic mass is 16.5. The SMILES string of the molecule is COc1ccc2c(c1)NCC1(CCCCC1)O2. The Kier molecular flexibility index (Phi) is 2.61. The van der Waals surface area contributed by atoms with Crippen LogP contribution in [0.1, 0.15) is 32.1 Å². The summed E-state index contributed by atoms with van der Waals surface area (Å²) in [6.07, 6.45) is 6.26. The average Bonchev–Trinajstić information content (AvgIpc) is 2.39. The Morgan fingerprint density at radius 3 is 2.82 bits per heavy atom. The minimum absolute atomic E-state index is 0.0415. The Bertz CT molecular complexity index is 411. The van der Waals surface area contributed by atoms with E-state index in [1.54, 1.807) is 7.11 Å². The number of methoxy groups -OCH3 is 1. The van der Waals surface area contributed by atoms with Gasteiger partial charge >= 0.3 is 0 Å². The molecular formula is C14H19NO2. The van der Waals surface area contributed by atoms with E-state index in [2.05, 4.69) is 5.32 Å². The molecule has 3 heteroatoms. The lowest BCUT2D eigenvalue weighted by atomic mass is 9.83. The third-order valence-corrected chi connectivity index (χ3v) is 3.88. The second-order valence-electron chi connectivity index (χ2n) is 5.06. The van der Waals surface area contributed by atoms with Gasteiger partial charge in [-0.05, 0) is 37.8 Å². The van der Waals surface area contributed by atoms with Crippen molar-refractivity contribution in [1.82, 2.24) is 0 Å². The highest BCUT2D eigenvalue weighted by Crippen LogP contribution is 2.41. The molecule has 1 aliphatic carbocycles. The van der Waals surface area contributed by atoms with Crippen LogP contribution in [0, 0.1) is 0 Å².